The first-order chi connectivity index (χ1) is 8.94. The van der Waals surface area contributed by atoms with Crippen molar-refractivity contribution in [3.8, 4) is 0 Å². The van der Waals surface area contributed by atoms with E-state index in [0.717, 1.165) is 0 Å². The maximum atomic E-state index is 11.0. The van der Waals surface area contributed by atoms with Crippen LogP contribution in [0.2, 0.25) is 0 Å². The molecule has 0 saturated carbocycles. The molecule has 0 aliphatic carbocycles. The Morgan fingerprint density at radius 2 is 1.95 bits per heavy atom. The maximum absolute atomic E-state index is 11.0. The monoisotopic (exact) mass is 263 g/mol. The highest BCUT2D eigenvalue weighted by molar-refractivity contribution is 5.26. The van der Waals surface area contributed by atoms with Crippen molar-refractivity contribution in [1.29, 1.82) is 0 Å². The maximum Gasteiger partial charge on any atom is 0.208 e. The second-order valence-electron chi connectivity index (χ2n) is 4.81. The van der Waals surface area contributed by atoms with Crippen LogP contribution in [0.5, 0.6) is 0 Å². The van der Waals surface area contributed by atoms with Crippen molar-refractivity contribution in [3.63, 3.8) is 0 Å². The van der Waals surface area contributed by atoms with E-state index in [-0.39, 0.29) is 0 Å². The van der Waals surface area contributed by atoms with E-state index in [1.165, 1.54) is 0 Å². The minimum Gasteiger partial charge on any atom is -0.361 e. The number of aliphatic hydroxyl groups is 1. The molecule has 4 atom stereocenters. The molecule has 1 aromatic carbocycles. The summed E-state index contributed by atoms with van der Waals surface area (Å²) in [5.41, 5.74) is 8.06. The zero-order valence-corrected chi connectivity index (χ0v) is 11.1. The molecule has 1 saturated heterocycles. The van der Waals surface area contributed by atoms with Crippen LogP contribution in [0.25, 0.3) is 10.4 Å². The average molecular weight is 263 g/mol. The Bertz CT molecular complexity index is 503. The van der Waals surface area contributed by atoms with Gasteiger partial charge in [0.05, 0.1) is 6.10 Å². The third kappa shape index (κ3) is 2.09. The summed E-state index contributed by atoms with van der Waals surface area (Å²) in [7, 11) is 0. The van der Waals surface area contributed by atoms with Crippen molar-refractivity contribution in [2.24, 2.45) is 5.11 Å². The first-order valence-electron chi connectivity index (χ1n) is 6.11. The van der Waals surface area contributed by atoms with Gasteiger partial charge in [-0.2, -0.15) is 0 Å². The molecular formula is C13H17N3O3. The van der Waals surface area contributed by atoms with Crippen LogP contribution in [0.3, 0.4) is 0 Å². The standard InChI is InChI=1S/C13H17N3O3/c1-9-12(3,15-16-14)13(17,19-10(2)18-9)11-7-5-4-6-8-11/h4-10,17H,1-3H3/t9-,10-,12-,13+/m0/s1. The van der Waals surface area contributed by atoms with E-state index in [0.29, 0.717) is 5.56 Å². The Morgan fingerprint density at radius 1 is 1.32 bits per heavy atom. The number of hydrogen-bond acceptors (Lipinski definition) is 4. The average Bonchev–Trinajstić information content (AvgIpc) is 2.38. The zero-order chi connectivity index (χ0) is 14.1. The predicted octanol–water partition coefficient (Wildman–Crippen LogP) is 2.68. The van der Waals surface area contributed by atoms with E-state index >= 15 is 0 Å². The van der Waals surface area contributed by atoms with Gasteiger partial charge in [-0.3, -0.25) is 0 Å². The smallest absolute Gasteiger partial charge is 0.208 e. The Kier molecular flexibility index (Phi) is 3.52. The van der Waals surface area contributed by atoms with Crippen molar-refractivity contribution in [2.75, 3.05) is 0 Å². The summed E-state index contributed by atoms with van der Waals surface area (Å²) in [6.07, 6.45) is -1.08. The highest BCUT2D eigenvalue weighted by Gasteiger charge is 2.57. The van der Waals surface area contributed by atoms with Crippen molar-refractivity contribution in [3.05, 3.63) is 46.3 Å². The minimum absolute atomic E-state index is 0.489. The molecule has 19 heavy (non-hydrogen) atoms. The summed E-state index contributed by atoms with van der Waals surface area (Å²) < 4.78 is 11.1. The quantitative estimate of drug-likeness (QED) is 0.505. The fourth-order valence-electron chi connectivity index (χ4n) is 2.35. The molecule has 1 fully saturated rings. The first-order valence-corrected chi connectivity index (χ1v) is 6.11. The van der Waals surface area contributed by atoms with Gasteiger partial charge < -0.3 is 14.6 Å². The van der Waals surface area contributed by atoms with Crippen LogP contribution in [0.4, 0.5) is 0 Å². The topological polar surface area (TPSA) is 87.5 Å². The first kappa shape index (κ1) is 13.8. The van der Waals surface area contributed by atoms with Gasteiger partial charge in [0.15, 0.2) is 6.29 Å². The van der Waals surface area contributed by atoms with Crippen molar-refractivity contribution < 1.29 is 14.6 Å². The molecule has 0 spiro atoms. The van der Waals surface area contributed by atoms with Crippen LogP contribution in [-0.4, -0.2) is 23.0 Å². The molecule has 6 nitrogen and oxygen atoms in total. The summed E-state index contributed by atoms with van der Waals surface area (Å²) in [4.78, 5) is 2.83. The van der Waals surface area contributed by atoms with Crippen molar-refractivity contribution in [1.82, 2.24) is 0 Å². The second kappa shape index (κ2) is 4.83. The lowest BCUT2D eigenvalue weighted by Gasteiger charge is -2.50. The van der Waals surface area contributed by atoms with Crippen LogP contribution < -0.4 is 0 Å². The van der Waals surface area contributed by atoms with Gasteiger partial charge in [0.1, 0.15) is 5.54 Å². The molecule has 0 bridgehead atoms. The van der Waals surface area contributed by atoms with Gasteiger partial charge in [-0.25, -0.2) is 0 Å². The van der Waals surface area contributed by atoms with E-state index < -0.39 is 23.7 Å². The lowest BCUT2D eigenvalue weighted by molar-refractivity contribution is -0.382. The number of ether oxygens (including phenoxy) is 2. The van der Waals surface area contributed by atoms with Crippen molar-refractivity contribution >= 4 is 0 Å². The molecule has 1 aromatic rings. The van der Waals surface area contributed by atoms with Gasteiger partial charge in [-0.15, -0.1) is 0 Å². The van der Waals surface area contributed by atoms with Gasteiger partial charge in [0.2, 0.25) is 5.79 Å². The SMILES string of the molecule is C[C@H]1O[C@@H](C)[C@](C)(N=[N+]=[N-])[C@@](O)(c2ccccc2)O1. The highest BCUT2D eigenvalue weighted by atomic mass is 16.8. The van der Waals surface area contributed by atoms with E-state index in [1.807, 2.05) is 6.07 Å². The Labute approximate surface area is 111 Å². The molecule has 1 aliphatic heterocycles. The molecule has 0 aromatic heterocycles. The van der Waals surface area contributed by atoms with Gasteiger partial charge in [-0.1, -0.05) is 35.4 Å². The molecule has 0 amide bonds. The summed E-state index contributed by atoms with van der Waals surface area (Å²) in [5, 5.41) is 14.7. The van der Waals surface area contributed by atoms with E-state index in [9.17, 15) is 5.11 Å². The lowest BCUT2D eigenvalue weighted by atomic mass is 9.81. The number of benzene rings is 1. The number of hydrogen-bond donors (Lipinski definition) is 1. The third-order valence-electron chi connectivity index (χ3n) is 3.63. The summed E-state index contributed by atoms with van der Waals surface area (Å²) in [6.45, 7) is 5.07. The van der Waals surface area contributed by atoms with E-state index in [2.05, 4.69) is 10.0 Å². The summed E-state index contributed by atoms with van der Waals surface area (Å²) >= 11 is 0. The molecule has 2 rings (SSSR count). The van der Waals surface area contributed by atoms with Crippen LogP contribution in [0, 0.1) is 0 Å². The Hall–Kier alpha value is -1.59. The third-order valence-corrected chi connectivity index (χ3v) is 3.63. The van der Waals surface area contributed by atoms with Crippen LogP contribution in [0.1, 0.15) is 26.3 Å². The van der Waals surface area contributed by atoms with Crippen LogP contribution in [-0.2, 0) is 15.3 Å². The van der Waals surface area contributed by atoms with E-state index in [4.69, 9.17) is 15.0 Å². The Morgan fingerprint density at radius 3 is 2.53 bits per heavy atom. The summed E-state index contributed by atoms with van der Waals surface area (Å²) in [6, 6.07) is 8.88. The van der Waals surface area contributed by atoms with Crippen LogP contribution in [0.15, 0.2) is 35.4 Å². The minimum atomic E-state index is -1.72. The molecule has 0 unspecified atom stereocenters. The van der Waals surface area contributed by atoms with Gasteiger partial charge in [-0.05, 0) is 26.3 Å². The molecular weight excluding hydrogens is 246 g/mol. The lowest BCUT2D eigenvalue weighted by Crippen LogP contribution is -2.62. The number of nitrogens with zero attached hydrogens (tertiary/aromatic N) is 3. The molecule has 6 heteroatoms. The normalized spacial score (nSPS) is 38.5. The predicted molar refractivity (Wildman–Crippen MR) is 69.0 cm³/mol. The molecule has 1 heterocycles. The fraction of sp³-hybridized carbons (Fsp3) is 0.538. The fourth-order valence-corrected chi connectivity index (χ4v) is 2.35. The van der Waals surface area contributed by atoms with E-state index in [1.54, 1.807) is 45.0 Å². The van der Waals surface area contributed by atoms with Crippen LogP contribution >= 0.6 is 0 Å². The molecule has 102 valence electrons. The van der Waals surface area contributed by atoms with Gasteiger partial charge >= 0.3 is 0 Å². The molecule has 1 aliphatic rings. The highest BCUT2D eigenvalue weighted by Crippen LogP contribution is 2.45. The summed E-state index contributed by atoms with van der Waals surface area (Å²) in [5.74, 6) is -1.72. The van der Waals surface area contributed by atoms with Gasteiger partial charge in [0, 0.05) is 10.5 Å². The number of rotatable bonds is 2. The largest absolute Gasteiger partial charge is 0.361 e. The zero-order valence-electron chi connectivity index (χ0n) is 11.1. The van der Waals surface area contributed by atoms with Crippen molar-refractivity contribution in [2.45, 2.75) is 44.5 Å². The second-order valence-corrected chi connectivity index (χ2v) is 4.81. The Balaban J connectivity index is 2.58. The number of azide groups is 1. The van der Waals surface area contributed by atoms with Gasteiger partial charge in [0.25, 0.3) is 0 Å². The molecule has 0 radical (unpaired) electrons. The molecule has 1 N–H and O–H groups in total.